The topological polar surface area (TPSA) is 49.4 Å². The van der Waals surface area contributed by atoms with Crippen molar-refractivity contribution in [3.8, 4) is 0 Å². The lowest BCUT2D eigenvalue weighted by molar-refractivity contribution is -0.121. The van der Waals surface area contributed by atoms with E-state index >= 15 is 0 Å². The number of halogens is 1. The summed E-state index contributed by atoms with van der Waals surface area (Å²) in [6, 6.07) is 14.8. The van der Waals surface area contributed by atoms with Crippen LogP contribution in [-0.4, -0.2) is 24.4 Å². The van der Waals surface area contributed by atoms with Gasteiger partial charge in [0, 0.05) is 0 Å². The van der Waals surface area contributed by atoms with Crippen molar-refractivity contribution in [2.24, 2.45) is 0 Å². The lowest BCUT2D eigenvalue weighted by Crippen LogP contribution is -2.39. The summed E-state index contributed by atoms with van der Waals surface area (Å²) in [6.45, 7) is 0.616. The summed E-state index contributed by atoms with van der Waals surface area (Å²) in [7, 11) is 0. The number of anilines is 1. The van der Waals surface area contributed by atoms with Gasteiger partial charge in [-0.3, -0.25) is 9.59 Å². The molecule has 0 unspecified atom stereocenters. The molecule has 0 radical (unpaired) electrons. The molecule has 118 valence electrons. The van der Waals surface area contributed by atoms with Crippen molar-refractivity contribution < 1.29 is 14.0 Å². The third-order valence-electron chi connectivity index (χ3n) is 3.88. The first-order valence-corrected chi connectivity index (χ1v) is 7.55. The molecule has 5 heteroatoms. The van der Waals surface area contributed by atoms with Gasteiger partial charge in [-0.15, -0.1) is 0 Å². The number of benzene rings is 2. The fourth-order valence-corrected chi connectivity index (χ4v) is 2.69. The summed E-state index contributed by atoms with van der Waals surface area (Å²) in [6.07, 6.45) is 0.917. The number of hydrogen-bond donors (Lipinski definition) is 1. The average Bonchev–Trinajstić information content (AvgIpc) is 2.84. The highest BCUT2D eigenvalue weighted by molar-refractivity contribution is 6.22. The summed E-state index contributed by atoms with van der Waals surface area (Å²) < 4.78 is 13.0. The van der Waals surface area contributed by atoms with Crippen LogP contribution in [0.25, 0.3) is 0 Å². The van der Waals surface area contributed by atoms with E-state index in [9.17, 15) is 14.0 Å². The standard InChI is InChI=1S/C18H17FN2O2/c19-14-6-8-15(9-7-14)21-17(22)12-16(18(21)23)20-11-10-13-4-2-1-3-5-13/h1-9,16,20H,10-12H2/t16-/m0/s1. The summed E-state index contributed by atoms with van der Waals surface area (Å²) >= 11 is 0. The predicted molar refractivity (Wildman–Crippen MR) is 85.4 cm³/mol. The van der Waals surface area contributed by atoms with Gasteiger partial charge < -0.3 is 5.32 Å². The molecular weight excluding hydrogens is 295 g/mol. The Kier molecular flexibility index (Phi) is 4.48. The highest BCUT2D eigenvalue weighted by atomic mass is 19.1. The molecule has 1 aliphatic rings. The van der Waals surface area contributed by atoms with Gasteiger partial charge in [0.25, 0.3) is 5.91 Å². The molecule has 3 rings (SSSR count). The van der Waals surface area contributed by atoms with Crippen molar-refractivity contribution >= 4 is 17.5 Å². The number of carbonyl (C=O) groups excluding carboxylic acids is 2. The number of nitrogens with one attached hydrogen (secondary N) is 1. The number of imide groups is 1. The summed E-state index contributed by atoms with van der Waals surface area (Å²) in [5.74, 6) is -0.945. The van der Waals surface area contributed by atoms with E-state index in [1.54, 1.807) is 0 Å². The smallest absolute Gasteiger partial charge is 0.251 e. The zero-order valence-corrected chi connectivity index (χ0v) is 12.5. The van der Waals surface area contributed by atoms with Crippen molar-refractivity contribution in [3.63, 3.8) is 0 Å². The van der Waals surface area contributed by atoms with Crippen molar-refractivity contribution in [1.82, 2.24) is 5.32 Å². The summed E-state index contributed by atoms with van der Waals surface area (Å²) in [4.78, 5) is 25.6. The Hall–Kier alpha value is -2.53. The average molecular weight is 312 g/mol. The third kappa shape index (κ3) is 3.46. The molecule has 0 aliphatic carbocycles. The maximum absolute atomic E-state index is 13.0. The fourth-order valence-electron chi connectivity index (χ4n) is 2.69. The second kappa shape index (κ2) is 6.71. The lowest BCUT2D eigenvalue weighted by Gasteiger charge is -2.15. The Morgan fingerprint density at radius 1 is 1.04 bits per heavy atom. The first-order chi connectivity index (χ1) is 11.1. The van der Waals surface area contributed by atoms with Crippen LogP contribution in [-0.2, 0) is 16.0 Å². The molecule has 1 aliphatic heterocycles. The Bertz CT molecular complexity index is 701. The molecule has 1 N–H and O–H groups in total. The molecule has 4 nitrogen and oxygen atoms in total. The van der Waals surface area contributed by atoms with E-state index in [1.165, 1.54) is 29.8 Å². The number of carbonyl (C=O) groups is 2. The highest BCUT2D eigenvalue weighted by Gasteiger charge is 2.39. The number of rotatable bonds is 5. The number of amides is 2. The molecule has 0 saturated carbocycles. The van der Waals surface area contributed by atoms with E-state index in [-0.39, 0.29) is 18.2 Å². The highest BCUT2D eigenvalue weighted by Crippen LogP contribution is 2.23. The first kappa shape index (κ1) is 15.4. The van der Waals surface area contributed by atoms with Crippen LogP contribution in [0.3, 0.4) is 0 Å². The molecule has 1 atom stereocenters. The van der Waals surface area contributed by atoms with Gasteiger partial charge in [0.1, 0.15) is 5.82 Å². The minimum Gasteiger partial charge on any atom is -0.305 e. The molecule has 1 fully saturated rings. The quantitative estimate of drug-likeness (QED) is 0.862. The van der Waals surface area contributed by atoms with Crippen LogP contribution in [0.5, 0.6) is 0 Å². The van der Waals surface area contributed by atoms with Gasteiger partial charge in [-0.2, -0.15) is 0 Å². The van der Waals surface area contributed by atoms with Gasteiger partial charge in [0.15, 0.2) is 0 Å². The van der Waals surface area contributed by atoms with Crippen LogP contribution in [0.2, 0.25) is 0 Å². The van der Waals surface area contributed by atoms with E-state index in [4.69, 9.17) is 0 Å². The number of hydrogen-bond acceptors (Lipinski definition) is 3. The van der Waals surface area contributed by atoms with Crippen molar-refractivity contribution in [2.75, 3.05) is 11.4 Å². The van der Waals surface area contributed by atoms with Gasteiger partial charge in [0.05, 0.1) is 18.2 Å². The van der Waals surface area contributed by atoms with Gasteiger partial charge in [-0.1, -0.05) is 30.3 Å². The largest absolute Gasteiger partial charge is 0.305 e. The van der Waals surface area contributed by atoms with Gasteiger partial charge in [-0.05, 0) is 42.8 Å². The molecule has 1 saturated heterocycles. The lowest BCUT2D eigenvalue weighted by atomic mass is 10.1. The molecule has 2 aromatic rings. The zero-order chi connectivity index (χ0) is 16.2. The third-order valence-corrected chi connectivity index (χ3v) is 3.88. The van der Waals surface area contributed by atoms with E-state index in [0.717, 1.165) is 11.3 Å². The second-order valence-corrected chi connectivity index (χ2v) is 5.49. The van der Waals surface area contributed by atoms with Gasteiger partial charge in [0.2, 0.25) is 5.91 Å². The number of nitrogens with zero attached hydrogens (tertiary/aromatic N) is 1. The minimum absolute atomic E-state index is 0.130. The molecule has 1 heterocycles. The summed E-state index contributed by atoms with van der Waals surface area (Å²) in [5.41, 5.74) is 1.58. The summed E-state index contributed by atoms with van der Waals surface area (Å²) in [5, 5.41) is 3.14. The van der Waals surface area contributed by atoms with Gasteiger partial charge >= 0.3 is 0 Å². The second-order valence-electron chi connectivity index (χ2n) is 5.49. The minimum atomic E-state index is -0.517. The van der Waals surface area contributed by atoms with Crippen molar-refractivity contribution in [2.45, 2.75) is 18.9 Å². The molecule has 2 aromatic carbocycles. The molecular formula is C18H17FN2O2. The van der Waals surface area contributed by atoms with Crippen molar-refractivity contribution in [1.29, 1.82) is 0 Å². The SMILES string of the molecule is O=C1C[C@H](NCCc2ccccc2)C(=O)N1c1ccc(F)cc1. The van der Waals surface area contributed by atoms with Crippen LogP contribution < -0.4 is 10.2 Å². The van der Waals surface area contributed by atoms with E-state index in [0.29, 0.717) is 12.2 Å². The Labute approximate surface area is 133 Å². The van der Waals surface area contributed by atoms with Crippen LogP contribution in [0, 0.1) is 5.82 Å². The fraction of sp³-hybridized carbons (Fsp3) is 0.222. The van der Waals surface area contributed by atoms with Gasteiger partial charge in [-0.25, -0.2) is 9.29 Å². The molecule has 2 amide bonds. The van der Waals surface area contributed by atoms with Crippen molar-refractivity contribution in [3.05, 3.63) is 66.0 Å². The van der Waals surface area contributed by atoms with E-state index < -0.39 is 11.9 Å². The molecule has 0 spiro atoms. The Morgan fingerprint density at radius 3 is 2.43 bits per heavy atom. The maximum atomic E-state index is 13.0. The molecule has 0 bridgehead atoms. The Morgan fingerprint density at radius 2 is 1.74 bits per heavy atom. The van der Waals surface area contributed by atoms with E-state index in [1.807, 2.05) is 30.3 Å². The first-order valence-electron chi connectivity index (χ1n) is 7.55. The zero-order valence-electron chi connectivity index (χ0n) is 12.5. The molecule has 23 heavy (non-hydrogen) atoms. The predicted octanol–water partition coefficient (Wildman–Crippen LogP) is 2.29. The normalized spacial score (nSPS) is 17.8. The van der Waals surface area contributed by atoms with E-state index in [2.05, 4.69) is 5.32 Å². The monoisotopic (exact) mass is 312 g/mol. The van der Waals surface area contributed by atoms with Crippen LogP contribution in [0.1, 0.15) is 12.0 Å². The molecule has 0 aromatic heterocycles. The Balaban J connectivity index is 1.61. The van der Waals surface area contributed by atoms with Crippen LogP contribution in [0.15, 0.2) is 54.6 Å². The van der Waals surface area contributed by atoms with Crippen LogP contribution >= 0.6 is 0 Å². The maximum Gasteiger partial charge on any atom is 0.251 e. The van der Waals surface area contributed by atoms with Crippen LogP contribution in [0.4, 0.5) is 10.1 Å².